The van der Waals surface area contributed by atoms with Crippen LogP contribution in [0.25, 0.3) is 10.9 Å². The van der Waals surface area contributed by atoms with Crippen molar-refractivity contribution >= 4 is 33.0 Å². The fourth-order valence-electron chi connectivity index (χ4n) is 4.63. The number of rotatable bonds is 6. The number of hydrogen-bond donors (Lipinski definition) is 0. The molecule has 0 unspecified atom stereocenters. The third-order valence-corrected chi connectivity index (χ3v) is 7.01. The normalized spacial score (nSPS) is 14.2. The average molecular weight is 541 g/mol. The number of halogens is 1. The van der Waals surface area contributed by atoms with E-state index in [4.69, 9.17) is 9.72 Å². The van der Waals surface area contributed by atoms with Gasteiger partial charge in [-0.1, -0.05) is 65.5 Å². The molecule has 0 bridgehead atoms. The summed E-state index contributed by atoms with van der Waals surface area (Å²) in [5.74, 6) is 1.60. The number of nitriles is 1. The summed E-state index contributed by atoms with van der Waals surface area (Å²) in [7, 11) is 0. The summed E-state index contributed by atoms with van der Waals surface area (Å²) in [6, 6.07) is 22.7. The van der Waals surface area contributed by atoms with Gasteiger partial charge in [0.2, 0.25) is 0 Å². The minimum Gasteiger partial charge on any atom is -0.489 e. The maximum atomic E-state index is 13.5. The zero-order chi connectivity index (χ0) is 24.9. The predicted octanol–water partition coefficient (Wildman–Crippen LogP) is 6.54. The molecule has 1 aliphatic carbocycles. The summed E-state index contributed by atoms with van der Waals surface area (Å²) >= 11 is 3.46. The van der Waals surface area contributed by atoms with E-state index in [9.17, 15) is 10.1 Å². The standard InChI is InChI=1S/C29H25BrN4O2/c30-24-13-14-27-26(16-24)29(35)34(28(33-27)21-8-2-1-3-9-21)32-18-20-7-6-12-25(15-20)36-19-23-11-5-4-10-22(23)17-31/h4-7,10-16,18,21H,1-3,8-9,19H2. The Hall–Kier alpha value is -3.76. The van der Waals surface area contributed by atoms with E-state index >= 15 is 0 Å². The van der Waals surface area contributed by atoms with Crippen molar-refractivity contribution in [3.05, 3.63) is 104 Å². The molecule has 0 N–H and O–H groups in total. The smallest absolute Gasteiger partial charge is 0.282 e. The van der Waals surface area contributed by atoms with Gasteiger partial charge in [-0.2, -0.15) is 15.0 Å². The van der Waals surface area contributed by atoms with E-state index in [1.807, 2.05) is 54.6 Å². The lowest BCUT2D eigenvalue weighted by Crippen LogP contribution is -2.25. The lowest BCUT2D eigenvalue weighted by Gasteiger charge is -2.22. The number of aromatic nitrogens is 2. The van der Waals surface area contributed by atoms with Gasteiger partial charge >= 0.3 is 0 Å². The van der Waals surface area contributed by atoms with Crippen molar-refractivity contribution in [2.24, 2.45) is 5.10 Å². The third kappa shape index (κ3) is 5.24. The molecule has 1 fully saturated rings. The number of nitrogens with zero attached hydrogens (tertiary/aromatic N) is 4. The molecule has 0 aliphatic heterocycles. The maximum absolute atomic E-state index is 13.5. The highest BCUT2D eigenvalue weighted by Gasteiger charge is 2.22. The lowest BCUT2D eigenvalue weighted by molar-refractivity contribution is 0.306. The molecule has 1 heterocycles. The van der Waals surface area contributed by atoms with Crippen molar-refractivity contribution in [2.45, 2.75) is 44.6 Å². The van der Waals surface area contributed by atoms with Gasteiger partial charge in [0.15, 0.2) is 0 Å². The van der Waals surface area contributed by atoms with Crippen LogP contribution in [0.5, 0.6) is 5.75 Å². The van der Waals surface area contributed by atoms with E-state index in [0.29, 0.717) is 28.8 Å². The van der Waals surface area contributed by atoms with E-state index in [1.165, 1.54) is 11.1 Å². The Balaban J connectivity index is 1.46. The molecule has 0 saturated heterocycles. The Morgan fingerprint density at radius 1 is 1.08 bits per heavy atom. The Morgan fingerprint density at radius 2 is 1.92 bits per heavy atom. The molecule has 0 radical (unpaired) electrons. The second-order valence-corrected chi connectivity index (χ2v) is 9.87. The predicted molar refractivity (Wildman–Crippen MR) is 144 cm³/mol. The quantitative estimate of drug-likeness (QED) is 0.260. The van der Waals surface area contributed by atoms with E-state index in [-0.39, 0.29) is 11.5 Å². The van der Waals surface area contributed by atoms with Crippen LogP contribution in [0.4, 0.5) is 0 Å². The molecule has 180 valence electrons. The van der Waals surface area contributed by atoms with Gasteiger partial charge in [-0.3, -0.25) is 4.79 Å². The van der Waals surface area contributed by atoms with Crippen LogP contribution in [0, 0.1) is 11.3 Å². The number of ether oxygens (including phenoxy) is 1. The first-order valence-electron chi connectivity index (χ1n) is 12.1. The summed E-state index contributed by atoms with van der Waals surface area (Å²) in [5.41, 5.74) is 2.76. The summed E-state index contributed by atoms with van der Waals surface area (Å²) < 4.78 is 8.25. The Bertz CT molecular complexity index is 1530. The van der Waals surface area contributed by atoms with Gasteiger partial charge in [-0.25, -0.2) is 4.98 Å². The van der Waals surface area contributed by atoms with Gasteiger partial charge in [0.25, 0.3) is 5.56 Å². The molecule has 3 aromatic carbocycles. The molecule has 5 rings (SSSR count). The molecular formula is C29H25BrN4O2. The molecule has 7 heteroatoms. The van der Waals surface area contributed by atoms with E-state index in [0.717, 1.165) is 47.1 Å². The number of fused-ring (bicyclic) bond motifs is 1. The Kier molecular flexibility index (Phi) is 7.24. The summed E-state index contributed by atoms with van der Waals surface area (Å²) in [6.07, 6.45) is 7.19. The van der Waals surface area contributed by atoms with E-state index < -0.39 is 0 Å². The molecule has 0 amide bonds. The van der Waals surface area contributed by atoms with Crippen molar-refractivity contribution < 1.29 is 4.74 Å². The first kappa shape index (κ1) is 24.0. The monoisotopic (exact) mass is 540 g/mol. The second kappa shape index (κ2) is 10.9. The van der Waals surface area contributed by atoms with Crippen molar-refractivity contribution in [3.8, 4) is 11.8 Å². The van der Waals surface area contributed by atoms with Gasteiger partial charge < -0.3 is 4.74 Å². The van der Waals surface area contributed by atoms with Gasteiger partial charge in [-0.15, -0.1) is 0 Å². The van der Waals surface area contributed by atoms with Crippen LogP contribution in [0.15, 0.2) is 81.1 Å². The topological polar surface area (TPSA) is 80.3 Å². The summed E-state index contributed by atoms with van der Waals surface area (Å²) in [4.78, 5) is 18.4. The maximum Gasteiger partial charge on any atom is 0.282 e. The van der Waals surface area contributed by atoms with E-state index in [1.54, 1.807) is 18.3 Å². The zero-order valence-electron chi connectivity index (χ0n) is 19.7. The van der Waals surface area contributed by atoms with Crippen LogP contribution in [0.2, 0.25) is 0 Å². The van der Waals surface area contributed by atoms with Crippen molar-refractivity contribution in [1.29, 1.82) is 5.26 Å². The molecule has 1 aliphatic rings. The van der Waals surface area contributed by atoms with Crippen LogP contribution < -0.4 is 10.3 Å². The van der Waals surface area contributed by atoms with Crippen LogP contribution in [0.3, 0.4) is 0 Å². The SMILES string of the molecule is N#Cc1ccccc1COc1cccc(C=Nn2c(C3CCCCC3)nc3ccc(Br)cc3c2=O)c1. The Morgan fingerprint density at radius 3 is 2.75 bits per heavy atom. The van der Waals surface area contributed by atoms with Gasteiger partial charge in [0, 0.05) is 16.0 Å². The zero-order valence-corrected chi connectivity index (χ0v) is 21.3. The van der Waals surface area contributed by atoms with E-state index in [2.05, 4.69) is 27.1 Å². The highest BCUT2D eigenvalue weighted by molar-refractivity contribution is 9.10. The molecular weight excluding hydrogens is 516 g/mol. The molecule has 1 saturated carbocycles. The van der Waals surface area contributed by atoms with Crippen molar-refractivity contribution in [1.82, 2.24) is 9.66 Å². The average Bonchev–Trinajstić information content (AvgIpc) is 2.92. The molecule has 1 aromatic heterocycles. The molecule has 6 nitrogen and oxygen atoms in total. The van der Waals surface area contributed by atoms with Gasteiger partial charge in [0.05, 0.1) is 28.8 Å². The molecule has 0 atom stereocenters. The highest BCUT2D eigenvalue weighted by atomic mass is 79.9. The van der Waals surface area contributed by atoms with Crippen LogP contribution in [0.1, 0.15) is 60.5 Å². The summed E-state index contributed by atoms with van der Waals surface area (Å²) in [5, 5.41) is 14.5. The fourth-order valence-corrected chi connectivity index (χ4v) is 4.99. The van der Waals surface area contributed by atoms with Crippen LogP contribution in [-0.2, 0) is 6.61 Å². The largest absolute Gasteiger partial charge is 0.489 e. The molecule has 4 aromatic rings. The molecule has 0 spiro atoms. The summed E-state index contributed by atoms with van der Waals surface area (Å²) in [6.45, 7) is 0.291. The highest BCUT2D eigenvalue weighted by Crippen LogP contribution is 2.32. The first-order valence-corrected chi connectivity index (χ1v) is 12.9. The second-order valence-electron chi connectivity index (χ2n) is 8.96. The Labute approximate surface area is 218 Å². The molecule has 36 heavy (non-hydrogen) atoms. The lowest BCUT2D eigenvalue weighted by atomic mass is 9.88. The fraction of sp³-hybridized carbons (Fsp3) is 0.241. The number of benzene rings is 3. The minimum atomic E-state index is -0.168. The van der Waals surface area contributed by atoms with Gasteiger partial charge in [0.1, 0.15) is 18.2 Å². The van der Waals surface area contributed by atoms with Crippen LogP contribution >= 0.6 is 15.9 Å². The third-order valence-electron chi connectivity index (χ3n) is 6.52. The van der Waals surface area contributed by atoms with Gasteiger partial charge in [-0.05, 0) is 54.8 Å². The van der Waals surface area contributed by atoms with Crippen LogP contribution in [-0.4, -0.2) is 15.9 Å². The van der Waals surface area contributed by atoms with Crippen molar-refractivity contribution in [2.75, 3.05) is 0 Å². The first-order chi connectivity index (χ1) is 17.6. The number of hydrogen-bond acceptors (Lipinski definition) is 5. The minimum absolute atomic E-state index is 0.168. The van der Waals surface area contributed by atoms with Crippen molar-refractivity contribution in [3.63, 3.8) is 0 Å².